The molecule has 0 aliphatic rings. The molecule has 11 heavy (non-hydrogen) atoms. The van der Waals surface area contributed by atoms with E-state index in [2.05, 4.69) is 11.8 Å². The maximum atomic E-state index is 9.81. The van der Waals surface area contributed by atoms with Crippen LogP contribution in [0.3, 0.4) is 0 Å². The Labute approximate surface area is 66.6 Å². The summed E-state index contributed by atoms with van der Waals surface area (Å²) in [6, 6.07) is 0. The molecule has 0 aliphatic heterocycles. The second-order valence-electron chi connectivity index (χ2n) is 2.58. The smallest absolute Gasteiger partial charge is 0.294 e. The van der Waals surface area contributed by atoms with Gasteiger partial charge < -0.3 is 4.84 Å². The van der Waals surface area contributed by atoms with E-state index in [4.69, 9.17) is 0 Å². The lowest BCUT2D eigenvalue weighted by Crippen LogP contribution is -2.11. The first-order valence-corrected chi connectivity index (χ1v) is 3.98. The van der Waals surface area contributed by atoms with Crippen molar-refractivity contribution in [1.82, 2.24) is 0 Å². The molecule has 1 atom stereocenters. The third kappa shape index (κ3) is 5.63. The second-order valence-corrected chi connectivity index (χ2v) is 2.58. The zero-order chi connectivity index (χ0) is 8.69. The average Bonchev–Trinajstić information content (AvgIpc) is 1.97. The largest absolute Gasteiger partial charge is 0.314 e. The average molecular weight is 161 g/mol. The fourth-order valence-electron chi connectivity index (χ4n) is 0.980. The molecule has 1 unspecified atom stereocenters. The monoisotopic (exact) mass is 161 g/mol. The second kappa shape index (κ2) is 5.95. The molecule has 0 saturated heterocycles. The quantitative estimate of drug-likeness (QED) is 0.442. The summed E-state index contributed by atoms with van der Waals surface area (Å²) in [5, 5.41) is 9.08. The van der Waals surface area contributed by atoms with Crippen LogP contribution in [-0.4, -0.2) is 11.7 Å². The summed E-state index contributed by atoms with van der Waals surface area (Å²) in [6.07, 6.45) is 3.01. The molecule has 66 valence electrons. The molecule has 0 aliphatic carbocycles. The standard InChI is InChI=1S/C7H15NO3/c1-3-5-7(4-2)6-11-8(9)10/h7H,3-6H2,1-2H3. The van der Waals surface area contributed by atoms with Gasteiger partial charge in [-0.15, -0.1) is 10.1 Å². The zero-order valence-corrected chi connectivity index (χ0v) is 7.08. The van der Waals surface area contributed by atoms with E-state index in [1.165, 1.54) is 0 Å². The summed E-state index contributed by atoms with van der Waals surface area (Å²) in [5.41, 5.74) is 0. The highest BCUT2D eigenvalue weighted by Crippen LogP contribution is 2.10. The maximum absolute atomic E-state index is 9.81. The fraction of sp³-hybridized carbons (Fsp3) is 1.00. The van der Waals surface area contributed by atoms with Gasteiger partial charge in [-0.1, -0.05) is 26.7 Å². The Morgan fingerprint density at radius 1 is 1.55 bits per heavy atom. The molecule has 0 heterocycles. The van der Waals surface area contributed by atoms with Crippen LogP contribution in [0.1, 0.15) is 33.1 Å². The summed E-state index contributed by atoms with van der Waals surface area (Å²) in [4.78, 5) is 14.1. The van der Waals surface area contributed by atoms with Crippen LogP contribution in [-0.2, 0) is 4.84 Å². The van der Waals surface area contributed by atoms with E-state index in [1.54, 1.807) is 0 Å². The van der Waals surface area contributed by atoms with Crippen molar-refractivity contribution in [3.05, 3.63) is 10.1 Å². The lowest BCUT2D eigenvalue weighted by molar-refractivity contribution is -0.759. The number of rotatable bonds is 6. The van der Waals surface area contributed by atoms with Crippen molar-refractivity contribution in [1.29, 1.82) is 0 Å². The van der Waals surface area contributed by atoms with Gasteiger partial charge in [0.2, 0.25) is 0 Å². The van der Waals surface area contributed by atoms with Crippen molar-refractivity contribution in [2.45, 2.75) is 33.1 Å². The van der Waals surface area contributed by atoms with Crippen LogP contribution in [0.15, 0.2) is 0 Å². The molecular formula is C7H15NO3. The van der Waals surface area contributed by atoms with E-state index in [0.717, 1.165) is 19.3 Å². The number of hydrogen-bond donors (Lipinski definition) is 0. The van der Waals surface area contributed by atoms with Gasteiger partial charge in [-0.2, -0.15) is 0 Å². The van der Waals surface area contributed by atoms with Crippen LogP contribution >= 0.6 is 0 Å². The van der Waals surface area contributed by atoms with Crippen molar-refractivity contribution < 1.29 is 9.92 Å². The van der Waals surface area contributed by atoms with Crippen molar-refractivity contribution in [2.75, 3.05) is 6.61 Å². The van der Waals surface area contributed by atoms with E-state index in [9.17, 15) is 10.1 Å². The minimum atomic E-state index is -0.724. The fourth-order valence-corrected chi connectivity index (χ4v) is 0.980. The van der Waals surface area contributed by atoms with Crippen LogP contribution in [0, 0.1) is 16.0 Å². The molecule has 0 bridgehead atoms. The first-order chi connectivity index (χ1) is 5.20. The Bertz CT molecular complexity index is 116. The SMILES string of the molecule is CCCC(CC)CO[N+](=O)[O-]. The topological polar surface area (TPSA) is 52.4 Å². The molecule has 0 saturated carbocycles. The molecule has 4 nitrogen and oxygen atoms in total. The van der Waals surface area contributed by atoms with Crippen molar-refractivity contribution in [2.24, 2.45) is 5.92 Å². The summed E-state index contributed by atoms with van der Waals surface area (Å²) < 4.78 is 0. The third-order valence-electron chi connectivity index (χ3n) is 1.69. The molecule has 0 aromatic carbocycles. The minimum Gasteiger partial charge on any atom is -0.314 e. The summed E-state index contributed by atoms with van der Waals surface area (Å²) in [6.45, 7) is 4.33. The Morgan fingerprint density at radius 3 is 2.55 bits per heavy atom. The van der Waals surface area contributed by atoms with Crippen molar-refractivity contribution >= 4 is 0 Å². The lowest BCUT2D eigenvalue weighted by atomic mass is 10.0. The summed E-state index contributed by atoms with van der Waals surface area (Å²) in [5.74, 6) is 0.338. The third-order valence-corrected chi connectivity index (χ3v) is 1.69. The predicted molar refractivity (Wildman–Crippen MR) is 41.6 cm³/mol. The van der Waals surface area contributed by atoms with E-state index < -0.39 is 5.09 Å². The first kappa shape index (κ1) is 10.2. The van der Waals surface area contributed by atoms with Crippen LogP contribution in [0.25, 0.3) is 0 Å². The highest BCUT2D eigenvalue weighted by molar-refractivity contribution is 4.52. The normalized spacial score (nSPS) is 12.5. The van der Waals surface area contributed by atoms with Gasteiger partial charge in [0, 0.05) is 0 Å². The van der Waals surface area contributed by atoms with Gasteiger partial charge >= 0.3 is 0 Å². The highest BCUT2D eigenvalue weighted by atomic mass is 16.9. The molecule has 0 aromatic rings. The zero-order valence-electron chi connectivity index (χ0n) is 7.08. The predicted octanol–water partition coefficient (Wildman–Crippen LogP) is 2.02. The van der Waals surface area contributed by atoms with Crippen LogP contribution in [0.5, 0.6) is 0 Å². The minimum absolute atomic E-state index is 0.247. The summed E-state index contributed by atoms with van der Waals surface area (Å²) in [7, 11) is 0. The Morgan fingerprint density at radius 2 is 2.18 bits per heavy atom. The number of hydrogen-bond acceptors (Lipinski definition) is 3. The Balaban J connectivity index is 3.43. The van der Waals surface area contributed by atoms with E-state index in [0.29, 0.717) is 5.92 Å². The van der Waals surface area contributed by atoms with Gasteiger partial charge in [0.05, 0.1) is 6.61 Å². The van der Waals surface area contributed by atoms with E-state index >= 15 is 0 Å². The Hall–Kier alpha value is -0.800. The highest BCUT2D eigenvalue weighted by Gasteiger charge is 2.06. The molecule has 0 aromatic heterocycles. The van der Waals surface area contributed by atoms with Crippen LogP contribution < -0.4 is 0 Å². The Kier molecular flexibility index (Phi) is 5.51. The van der Waals surface area contributed by atoms with E-state index in [1.807, 2.05) is 6.92 Å². The van der Waals surface area contributed by atoms with Gasteiger partial charge in [-0.3, -0.25) is 0 Å². The molecule has 0 amide bonds. The number of nitrogens with zero attached hydrogens (tertiary/aromatic N) is 1. The van der Waals surface area contributed by atoms with Gasteiger partial charge in [0.25, 0.3) is 5.09 Å². The summed E-state index contributed by atoms with van der Waals surface area (Å²) >= 11 is 0. The van der Waals surface area contributed by atoms with E-state index in [-0.39, 0.29) is 6.61 Å². The molecule has 0 fully saturated rings. The molecule has 4 heteroatoms. The lowest BCUT2D eigenvalue weighted by Gasteiger charge is -2.10. The van der Waals surface area contributed by atoms with Gasteiger partial charge in [0.15, 0.2) is 0 Å². The van der Waals surface area contributed by atoms with Crippen molar-refractivity contribution in [3.8, 4) is 0 Å². The van der Waals surface area contributed by atoms with Gasteiger partial charge in [0.1, 0.15) is 0 Å². The molecular weight excluding hydrogens is 146 g/mol. The molecule has 0 radical (unpaired) electrons. The first-order valence-electron chi connectivity index (χ1n) is 3.98. The van der Waals surface area contributed by atoms with Gasteiger partial charge in [-0.25, -0.2) is 0 Å². The molecule has 0 rings (SSSR count). The maximum Gasteiger partial charge on any atom is 0.294 e. The molecule has 0 N–H and O–H groups in total. The van der Waals surface area contributed by atoms with Crippen LogP contribution in [0.4, 0.5) is 0 Å². The molecule has 0 spiro atoms. The van der Waals surface area contributed by atoms with Crippen LogP contribution in [0.2, 0.25) is 0 Å². The van der Waals surface area contributed by atoms with Crippen molar-refractivity contribution in [3.63, 3.8) is 0 Å². The van der Waals surface area contributed by atoms with Gasteiger partial charge in [-0.05, 0) is 12.3 Å².